The van der Waals surface area contributed by atoms with E-state index in [0.717, 1.165) is 11.0 Å². The first-order valence-electron chi connectivity index (χ1n) is 5.38. The second-order valence-electron chi connectivity index (χ2n) is 3.73. The van der Waals surface area contributed by atoms with Gasteiger partial charge in [0.15, 0.2) is 0 Å². The summed E-state index contributed by atoms with van der Waals surface area (Å²) in [7, 11) is 1.99. The molecule has 0 aliphatic rings. The van der Waals surface area contributed by atoms with Crippen molar-refractivity contribution in [3.63, 3.8) is 0 Å². The molecule has 18 heavy (non-hydrogen) atoms. The van der Waals surface area contributed by atoms with Gasteiger partial charge in [0.1, 0.15) is 17.4 Å². The average Bonchev–Trinajstić information content (AvgIpc) is 3.09. The van der Waals surface area contributed by atoms with Crippen molar-refractivity contribution in [2.75, 3.05) is 5.32 Å². The van der Waals surface area contributed by atoms with E-state index in [4.69, 9.17) is 0 Å². The van der Waals surface area contributed by atoms with Gasteiger partial charge in [-0.2, -0.15) is 0 Å². The van der Waals surface area contributed by atoms with Crippen molar-refractivity contribution >= 4 is 27.8 Å². The first kappa shape index (κ1) is 11.4. The lowest BCUT2D eigenvalue weighted by Crippen LogP contribution is -2.15. The van der Waals surface area contributed by atoms with Crippen LogP contribution in [0.25, 0.3) is 0 Å². The monoisotopic (exact) mass is 277 g/mol. The molecule has 0 spiro atoms. The summed E-state index contributed by atoms with van der Waals surface area (Å²) in [6.45, 7) is 0. The van der Waals surface area contributed by atoms with E-state index in [1.165, 1.54) is 16.2 Å². The number of imidazole rings is 1. The van der Waals surface area contributed by atoms with Gasteiger partial charge in [-0.3, -0.25) is 0 Å². The Kier molecular flexibility index (Phi) is 3.07. The SMILES string of the molecule is Cn1ccnc1C(Nc1nncs1)c1cccs1. The molecule has 92 valence electrons. The topological polar surface area (TPSA) is 55.6 Å². The smallest absolute Gasteiger partial charge is 0.206 e. The highest BCUT2D eigenvalue weighted by Gasteiger charge is 2.20. The highest BCUT2D eigenvalue weighted by molar-refractivity contribution is 7.13. The fourth-order valence-electron chi connectivity index (χ4n) is 1.73. The molecule has 3 heterocycles. The van der Waals surface area contributed by atoms with E-state index < -0.39 is 0 Å². The van der Waals surface area contributed by atoms with Crippen LogP contribution in [0.5, 0.6) is 0 Å². The number of nitrogens with one attached hydrogen (secondary N) is 1. The third kappa shape index (κ3) is 2.14. The molecule has 0 fully saturated rings. The molecule has 7 heteroatoms. The summed E-state index contributed by atoms with van der Waals surface area (Å²) >= 11 is 3.19. The van der Waals surface area contributed by atoms with Crippen molar-refractivity contribution in [3.05, 3.63) is 46.1 Å². The van der Waals surface area contributed by atoms with Gasteiger partial charge in [0.05, 0.1) is 0 Å². The molecule has 3 aromatic heterocycles. The number of aromatic nitrogens is 4. The predicted molar refractivity (Wildman–Crippen MR) is 72.9 cm³/mol. The van der Waals surface area contributed by atoms with Gasteiger partial charge in [0.25, 0.3) is 0 Å². The minimum Gasteiger partial charge on any atom is -0.345 e. The molecule has 3 aromatic rings. The Labute approximate surface area is 112 Å². The molecule has 0 radical (unpaired) electrons. The molecule has 1 N–H and O–H groups in total. The first-order valence-corrected chi connectivity index (χ1v) is 7.14. The largest absolute Gasteiger partial charge is 0.345 e. The Bertz CT molecular complexity index is 599. The van der Waals surface area contributed by atoms with Crippen molar-refractivity contribution in [3.8, 4) is 0 Å². The van der Waals surface area contributed by atoms with Gasteiger partial charge in [-0.15, -0.1) is 21.5 Å². The van der Waals surface area contributed by atoms with Crippen molar-refractivity contribution in [1.82, 2.24) is 19.7 Å². The van der Waals surface area contributed by atoms with Crippen molar-refractivity contribution in [2.24, 2.45) is 7.05 Å². The van der Waals surface area contributed by atoms with E-state index in [2.05, 4.69) is 31.9 Å². The maximum atomic E-state index is 4.42. The molecule has 0 saturated heterocycles. The third-order valence-electron chi connectivity index (χ3n) is 2.57. The van der Waals surface area contributed by atoms with E-state index in [0.29, 0.717) is 0 Å². The lowest BCUT2D eigenvalue weighted by molar-refractivity contribution is 0.754. The molecule has 0 aliphatic heterocycles. The summed E-state index contributed by atoms with van der Waals surface area (Å²) in [5.74, 6) is 0.965. The zero-order valence-corrected chi connectivity index (χ0v) is 11.3. The summed E-state index contributed by atoms with van der Waals surface area (Å²) in [4.78, 5) is 5.62. The fraction of sp³-hybridized carbons (Fsp3) is 0.182. The number of hydrogen-bond donors (Lipinski definition) is 1. The molecule has 0 saturated carbocycles. The van der Waals surface area contributed by atoms with Crippen LogP contribution in [0, 0.1) is 0 Å². The molecule has 0 aromatic carbocycles. The average molecular weight is 277 g/mol. The lowest BCUT2D eigenvalue weighted by Gasteiger charge is -2.16. The fourth-order valence-corrected chi connectivity index (χ4v) is 2.98. The third-order valence-corrected chi connectivity index (χ3v) is 4.13. The summed E-state index contributed by atoms with van der Waals surface area (Å²) < 4.78 is 2.01. The molecule has 0 amide bonds. The van der Waals surface area contributed by atoms with Gasteiger partial charge in [-0.05, 0) is 11.4 Å². The molecule has 5 nitrogen and oxygen atoms in total. The second kappa shape index (κ2) is 4.87. The Morgan fingerprint density at radius 1 is 1.39 bits per heavy atom. The minimum atomic E-state index is 0.0120. The zero-order chi connectivity index (χ0) is 12.4. The van der Waals surface area contributed by atoms with Crippen LogP contribution in [0.4, 0.5) is 5.13 Å². The van der Waals surface area contributed by atoms with E-state index in [1.807, 2.05) is 23.9 Å². The van der Waals surface area contributed by atoms with Crippen LogP contribution in [0.2, 0.25) is 0 Å². The number of nitrogens with zero attached hydrogens (tertiary/aromatic N) is 4. The van der Waals surface area contributed by atoms with Gasteiger partial charge in [-0.1, -0.05) is 17.4 Å². The van der Waals surface area contributed by atoms with Crippen LogP contribution < -0.4 is 5.32 Å². The Hall–Kier alpha value is -1.73. The quantitative estimate of drug-likeness (QED) is 0.796. The molecule has 0 bridgehead atoms. The zero-order valence-electron chi connectivity index (χ0n) is 9.65. The number of rotatable bonds is 4. The Balaban J connectivity index is 1.97. The Morgan fingerprint density at radius 2 is 2.33 bits per heavy atom. The molecular weight excluding hydrogens is 266 g/mol. The standard InChI is InChI=1S/C11H11N5S2/c1-16-5-4-12-10(16)9(8-3-2-6-17-8)14-11-15-13-7-18-11/h2-7,9H,1H3,(H,14,15). The molecule has 1 unspecified atom stereocenters. The van der Waals surface area contributed by atoms with Gasteiger partial charge < -0.3 is 9.88 Å². The molecule has 1 atom stereocenters. The van der Waals surface area contributed by atoms with Crippen molar-refractivity contribution < 1.29 is 0 Å². The summed E-state index contributed by atoms with van der Waals surface area (Å²) in [6, 6.07) is 4.15. The van der Waals surface area contributed by atoms with Gasteiger partial charge in [0.2, 0.25) is 5.13 Å². The maximum absolute atomic E-state index is 4.42. The predicted octanol–water partition coefficient (Wildman–Crippen LogP) is 2.53. The highest BCUT2D eigenvalue weighted by atomic mass is 32.1. The van der Waals surface area contributed by atoms with E-state index in [-0.39, 0.29) is 6.04 Å². The highest BCUT2D eigenvalue weighted by Crippen LogP contribution is 2.28. The van der Waals surface area contributed by atoms with E-state index in [1.54, 1.807) is 23.0 Å². The first-order chi connectivity index (χ1) is 8.84. The number of hydrogen-bond acceptors (Lipinski definition) is 6. The second-order valence-corrected chi connectivity index (χ2v) is 5.55. The maximum Gasteiger partial charge on any atom is 0.206 e. The number of anilines is 1. The number of thiophene rings is 1. The Morgan fingerprint density at radius 3 is 2.94 bits per heavy atom. The van der Waals surface area contributed by atoms with Crippen LogP contribution in [0.15, 0.2) is 35.4 Å². The van der Waals surface area contributed by atoms with Gasteiger partial charge in [0, 0.05) is 24.3 Å². The van der Waals surface area contributed by atoms with Crippen LogP contribution in [-0.2, 0) is 7.05 Å². The summed E-state index contributed by atoms with van der Waals surface area (Å²) in [6.07, 6.45) is 3.75. The summed E-state index contributed by atoms with van der Waals surface area (Å²) in [5, 5.41) is 14.1. The normalized spacial score (nSPS) is 12.5. The molecule has 0 aliphatic carbocycles. The van der Waals surface area contributed by atoms with Crippen molar-refractivity contribution in [2.45, 2.75) is 6.04 Å². The minimum absolute atomic E-state index is 0.0120. The van der Waals surface area contributed by atoms with Gasteiger partial charge in [-0.25, -0.2) is 4.98 Å². The van der Waals surface area contributed by atoms with E-state index in [9.17, 15) is 0 Å². The van der Waals surface area contributed by atoms with Crippen molar-refractivity contribution in [1.29, 1.82) is 0 Å². The summed E-state index contributed by atoms with van der Waals surface area (Å²) in [5.41, 5.74) is 1.71. The van der Waals surface area contributed by atoms with E-state index >= 15 is 0 Å². The van der Waals surface area contributed by atoms with Crippen LogP contribution in [0.1, 0.15) is 16.7 Å². The molecule has 3 rings (SSSR count). The number of aryl methyl sites for hydroxylation is 1. The van der Waals surface area contributed by atoms with Crippen LogP contribution in [-0.4, -0.2) is 19.7 Å². The van der Waals surface area contributed by atoms with Crippen LogP contribution >= 0.6 is 22.7 Å². The van der Waals surface area contributed by atoms with Crippen LogP contribution in [0.3, 0.4) is 0 Å². The van der Waals surface area contributed by atoms with Gasteiger partial charge >= 0.3 is 0 Å². The lowest BCUT2D eigenvalue weighted by atomic mass is 10.2. The molecular formula is C11H11N5S2.